The summed E-state index contributed by atoms with van der Waals surface area (Å²) >= 11 is 0. The van der Waals surface area contributed by atoms with Gasteiger partial charge in [0.2, 0.25) is 5.91 Å². The van der Waals surface area contributed by atoms with Gasteiger partial charge in [0.25, 0.3) is 5.56 Å². The highest BCUT2D eigenvalue weighted by Crippen LogP contribution is 2.25. The first-order valence-corrected chi connectivity index (χ1v) is 8.44. The van der Waals surface area contributed by atoms with Crippen LogP contribution in [-0.4, -0.2) is 43.6 Å². The van der Waals surface area contributed by atoms with Crippen molar-refractivity contribution in [1.82, 2.24) is 24.6 Å². The minimum atomic E-state index is -0.255. The maximum Gasteiger partial charge on any atom is 0.269 e. The van der Waals surface area contributed by atoms with E-state index in [2.05, 4.69) is 15.2 Å². The zero-order chi connectivity index (χ0) is 17.2. The van der Waals surface area contributed by atoms with Crippen LogP contribution in [0, 0.1) is 0 Å². The molecule has 1 aliphatic rings. The molecule has 1 aromatic carbocycles. The minimum absolute atomic E-state index is 0.0392. The van der Waals surface area contributed by atoms with Crippen LogP contribution in [0.15, 0.2) is 47.5 Å². The Morgan fingerprint density at radius 3 is 3.00 bits per heavy atom. The third kappa shape index (κ3) is 3.05. The average molecular weight is 337 g/mol. The Morgan fingerprint density at radius 1 is 1.28 bits per heavy atom. The lowest BCUT2D eigenvalue weighted by Crippen LogP contribution is -2.42. The molecule has 7 nitrogen and oxygen atoms in total. The molecule has 1 aliphatic heterocycles. The first-order chi connectivity index (χ1) is 12.2. The van der Waals surface area contributed by atoms with E-state index in [0.29, 0.717) is 17.6 Å². The molecule has 4 rings (SSSR count). The SMILES string of the molecule is O=C(Cn1c(=O)cnc2ccccc21)N1CCC[C@H](c2ccn[nH]2)C1. The second kappa shape index (κ2) is 6.51. The Morgan fingerprint density at radius 2 is 2.16 bits per heavy atom. The van der Waals surface area contributed by atoms with Crippen LogP contribution in [0.4, 0.5) is 0 Å². The number of rotatable bonds is 3. The fourth-order valence-electron chi connectivity index (χ4n) is 3.46. The highest BCUT2D eigenvalue weighted by Gasteiger charge is 2.26. The maximum absolute atomic E-state index is 12.8. The van der Waals surface area contributed by atoms with E-state index >= 15 is 0 Å². The van der Waals surface area contributed by atoms with Gasteiger partial charge in [-0.15, -0.1) is 0 Å². The highest BCUT2D eigenvalue weighted by molar-refractivity contribution is 5.80. The van der Waals surface area contributed by atoms with Gasteiger partial charge in [-0.2, -0.15) is 5.10 Å². The lowest BCUT2D eigenvalue weighted by atomic mass is 9.95. The number of nitrogens with one attached hydrogen (secondary N) is 1. The summed E-state index contributed by atoms with van der Waals surface area (Å²) in [6.07, 6.45) is 4.99. The van der Waals surface area contributed by atoms with Gasteiger partial charge in [-0.05, 0) is 31.0 Å². The van der Waals surface area contributed by atoms with Crippen molar-refractivity contribution in [1.29, 1.82) is 0 Å². The molecule has 3 heterocycles. The standard InChI is InChI=1S/C18H19N5O2/c24-17-10-19-15-5-1-2-6-16(15)23(17)12-18(25)22-9-3-4-13(11-22)14-7-8-20-21-14/h1-2,5-8,10,13H,3-4,9,11-12H2,(H,20,21)/t13-/m0/s1. The molecule has 0 spiro atoms. The summed E-state index contributed by atoms with van der Waals surface area (Å²) in [5, 5.41) is 7.00. The van der Waals surface area contributed by atoms with Crippen molar-refractivity contribution in [2.75, 3.05) is 13.1 Å². The van der Waals surface area contributed by atoms with Gasteiger partial charge >= 0.3 is 0 Å². The van der Waals surface area contributed by atoms with Crippen molar-refractivity contribution in [3.05, 3.63) is 58.8 Å². The number of fused-ring (bicyclic) bond motifs is 1. The second-order valence-electron chi connectivity index (χ2n) is 6.36. The zero-order valence-electron chi connectivity index (χ0n) is 13.8. The first-order valence-electron chi connectivity index (χ1n) is 8.44. The number of para-hydroxylation sites is 2. The first kappa shape index (κ1) is 15.6. The Labute approximate surface area is 144 Å². The number of nitrogens with zero attached hydrogens (tertiary/aromatic N) is 4. The molecule has 1 atom stereocenters. The summed E-state index contributed by atoms with van der Waals surface area (Å²) in [6, 6.07) is 9.33. The van der Waals surface area contributed by atoms with Gasteiger partial charge in [-0.25, -0.2) is 4.98 Å². The topological polar surface area (TPSA) is 83.9 Å². The van der Waals surface area contributed by atoms with Crippen molar-refractivity contribution in [2.24, 2.45) is 0 Å². The molecule has 1 fully saturated rings. The molecule has 0 unspecified atom stereocenters. The number of H-pyrrole nitrogens is 1. The molecular formula is C18H19N5O2. The van der Waals surface area contributed by atoms with Gasteiger partial charge in [0.05, 0.1) is 17.2 Å². The van der Waals surface area contributed by atoms with Crippen LogP contribution in [0.2, 0.25) is 0 Å². The maximum atomic E-state index is 12.8. The highest BCUT2D eigenvalue weighted by atomic mass is 16.2. The lowest BCUT2D eigenvalue weighted by Gasteiger charge is -2.32. The predicted octanol–water partition coefficient (Wildman–Crippen LogP) is 1.53. The van der Waals surface area contributed by atoms with Crippen molar-refractivity contribution >= 4 is 16.9 Å². The van der Waals surface area contributed by atoms with Crippen LogP contribution in [0.5, 0.6) is 0 Å². The molecule has 2 aromatic heterocycles. The second-order valence-corrected chi connectivity index (χ2v) is 6.36. The van der Waals surface area contributed by atoms with Crippen LogP contribution in [0.25, 0.3) is 11.0 Å². The van der Waals surface area contributed by atoms with E-state index < -0.39 is 0 Å². The predicted molar refractivity (Wildman–Crippen MR) is 93.1 cm³/mol. The lowest BCUT2D eigenvalue weighted by molar-refractivity contribution is -0.133. The molecule has 1 amide bonds. The fraction of sp³-hybridized carbons (Fsp3) is 0.333. The fourth-order valence-corrected chi connectivity index (χ4v) is 3.46. The van der Waals surface area contributed by atoms with E-state index in [9.17, 15) is 9.59 Å². The minimum Gasteiger partial charge on any atom is -0.340 e. The van der Waals surface area contributed by atoms with Crippen molar-refractivity contribution < 1.29 is 4.79 Å². The molecule has 0 radical (unpaired) electrons. The number of hydrogen-bond donors (Lipinski definition) is 1. The van der Waals surface area contributed by atoms with Crippen molar-refractivity contribution in [2.45, 2.75) is 25.3 Å². The summed E-state index contributed by atoms with van der Waals surface area (Å²) in [6.45, 7) is 1.41. The molecule has 1 N–H and O–H groups in total. The van der Waals surface area contributed by atoms with Gasteiger partial charge in [0, 0.05) is 30.9 Å². The summed E-state index contributed by atoms with van der Waals surface area (Å²) in [4.78, 5) is 31.0. The normalized spacial score (nSPS) is 17.8. The number of aromatic nitrogens is 4. The van der Waals surface area contributed by atoms with E-state index in [1.165, 1.54) is 10.8 Å². The van der Waals surface area contributed by atoms with Crippen LogP contribution < -0.4 is 5.56 Å². The number of likely N-dealkylation sites (tertiary alicyclic amines) is 1. The smallest absolute Gasteiger partial charge is 0.269 e. The van der Waals surface area contributed by atoms with Gasteiger partial charge in [0.1, 0.15) is 6.54 Å². The Kier molecular flexibility index (Phi) is 4.05. The molecule has 3 aromatic rings. The number of piperidine rings is 1. The van der Waals surface area contributed by atoms with Crippen molar-refractivity contribution in [3.63, 3.8) is 0 Å². The summed E-state index contributed by atoms with van der Waals surface area (Å²) in [7, 11) is 0. The number of amides is 1. The molecular weight excluding hydrogens is 318 g/mol. The number of aromatic amines is 1. The molecule has 128 valence electrons. The Bertz CT molecular complexity index is 948. The zero-order valence-corrected chi connectivity index (χ0v) is 13.8. The molecule has 1 saturated heterocycles. The third-order valence-electron chi connectivity index (χ3n) is 4.78. The van der Waals surface area contributed by atoms with Crippen LogP contribution in [0.1, 0.15) is 24.5 Å². The quantitative estimate of drug-likeness (QED) is 0.785. The molecule has 0 bridgehead atoms. The Balaban J connectivity index is 1.56. The molecule has 0 aliphatic carbocycles. The van der Waals surface area contributed by atoms with Crippen LogP contribution in [0.3, 0.4) is 0 Å². The molecule has 25 heavy (non-hydrogen) atoms. The van der Waals surface area contributed by atoms with Gasteiger partial charge in [-0.1, -0.05) is 12.1 Å². The van der Waals surface area contributed by atoms with Gasteiger partial charge in [-0.3, -0.25) is 19.3 Å². The summed E-state index contributed by atoms with van der Waals surface area (Å²) in [5.41, 5.74) is 2.20. The van der Waals surface area contributed by atoms with Crippen LogP contribution >= 0.6 is 0 Å². The summed E-state index contributed by atoms with van der Waals surface area (Å²) < 4.78 is 1.50. The molecule has 7 heteroatoms. The van der Waals surface area contributed by atoms with E-state index in [0.717, 1.165) is 25.1 Å². The van der Waals surface area contributed by atoms with Crippen molar-refractivity contribution in [3.8, 4) is 0 Å². The van der Waals surface area contributed by atoms with E-state index in [4.69, 9.17) is 0 Å². The van der Waals surface area contributed by atoms with Crippen LogP contribution in [-0.2, 0) is 11.3 Å². The number of hydrogen-bond acceptors (Lipinski definition) is 4. The largest absolute Gasteiger partial charge is 0.340 e. The van der Waals surface area contributed by atoms with Gasteiger partial charge in [0.15, 0.2) is 0 Å². The summed E-state index contributed by atoms with van der Waals surface area (Å²) in [5.74, 6) is 0.230. The van der Waals surface area contributed by atoms with E-state index in [1.807, 2.05) is 35.2 Å². The van der Waals surface area contributed by atoms with E-state index in [1.54, 1.807) is 6.20 Å². The number of benzene rings is 1. The average Bonchev–Trinajstić information content (AvgIpc) is 3.19. The Hall–Kier alpha value is -2.96. The monoisotopic (exact) mass is 337 g/mol. The number of carbonyl (C=O) groups excluding carboxylic acids is 1. The third-order valence-corrected chi connectivity index (χ3v) is 4.78. The van der Waals surface area contributed by atoms with E-state index in [-0.39, 0.29) is 23.9 Å². The van der Waals surface area contributed by atoms with Gasteiger partial charge < -0.3 is 4.90 Å². The molecule has 0 saturated carbocycles. The number of carbonyl (C=O) groups is 1.